The molecule has 0 aliphatic carbocycles. The van der Waals surface area contributed by atoms with Gasteiger partial charge in [0.2, 0.25) is 5.43 Å². The number of pyridine rings is 2. The first-order chi connectivity index (χ1) is 15.9. The zero-order chi connectivity index (χ0) is 23.3. The molecule has 5 rings (SSSR count). The van der Waals surface area contributed by atoms with Crippen molar-refractivity contribution in [3.05, 3.63) is 57.6 Å². The number of fused-ring (bicyclic) bond motifs is 3. The van der Waals surface area contributed by atoms with Crippen LogP contribution in [0.5, 0.6) is 11.5 Å². The van der Waals surface area contributed by atoms with Crippen LogP contribution < -0.4 is 25.1 Å². The molecule has 33 heavy (non-hydrogen) atoms. The Labute approximate surface area is 188 Å². The first-order valence-corrected chi connectivity index (χ1v) is 10.6. The van der Waals surface area contributed by atoms with Gasteiger partial charge in [0, 0.05) is 37.9 Å². The molecule has 2 bridgehead atoms. The molecular weight excluding hydrogens is 431 g/mol. The van der Waals surface area contributed by atoms with Crippen molar-refractivity contribution in [2.75, 3.05) is 32.2 Å². The second kappa shape index (κ2) is 8.04. The molecule has 4 heterocycles. The molecule has 2 saturated heterocycles. The van der Waals surface area contributed by atoms with Gasteiger partial charge in [-0.05, 0) is 30.2 Å². The molecule has 10 heteroatoms. The van der Waals surface area contributed by atoms with Crippen LogP contribution in [0.1, 0.15) is 22.3 Å². The Hall–Kier alpha value is -3.66. The van der Waals surface area contributed by atoms with Crippen LogP contribution in [0.4, 0.5) is 10.2 Å². The molecule has 1 aromatic carbocycles. The van der Waals surface area contributed by atoms with E-state index in [1.165, 1.54) is 20.4 Å². The Bertz CT molecular complexity index is 1320. The molecular formula is C23H23FN4O5. The van der Waals surface area contributed by atoms with E-state index in [-0.39, 0.29) is 35.5 Å². The number of rotatable bonds is 6. The minimum atomic E-state index is -1.38. The van der Waals surface area contributed by atoms with E-state index >= 15 is 4.39 Å². The lowest BCUT2D eigenvalue weighted by Crippen LogP contribution is -2.44. The summed E-state index contributed by atoms with van der Waals surface area (Å²) < 4.78 is 27.3. The summed E-state index contributed by atoms with van der Waals surface area (Å²) in [5.41, 5.74) is -0.206. The van der Waals surface area contributed by atoms with Gasteiger partial charge in [-0.3, -0.25) is 4.79 Å². The van der Waals surface area contributed by atoms with E-state index in [2.05, 4.69) is 10.3 Å². The molecule has 2 fully saturated rings. The lowest BCUT2D eigenvalue weighted by atomic mass is 10.1. The number of aromatic carboxylic acids is 1. The number of carboxylic acids is 1. The Morgan fingerprint density at radius 3 is 2.70 bits per heavy atom. The third-order valence-corrected chi connectivity index (χ3v) is 6.34. The number of carboxylic acid groups (broad SMARTS) is 1. The van der Waals surface area contributed by atoms with E-state index in [0.717, 1.165) is 24.6 Å². The molecule has 2 N–H and O–H groups in total. The topological polar surface area (TPSA) is 106 Å². The molecule has 2 atom stereocenters. The fourth-order valence-electron chi connectivity index (χ4n) is 4.75. The number of ether oxygens (including phenoxy) is 2. The number of hydrogen-bond acceptors (Lipinski definition) is 7. The van der Waals surface area contributed by atoms with Crippen molar-refractivity contribution in [3.63, 3.8) is 0 Å². The largest absolute Gasteiger partial charge is 0.493 e. The number of benzene rings is 1. The first kappa shape index (κ1) is 21.2. The highest BCUT2D eigenvalue weighted by molar-refractivity contribution is 5.92. The molecule has 2 aliphatic heterocycles. The highest BCUT2D eigenvalue weighted by Crippen LogP contribution is 2.32. The van der Waals surface area contributed by atoms with Gasteiger partial charge in [0.15, 0.2) is 23.1 Å². The SMILES string of the molecule is COc1ccc(Cn2cc(C(=O)O)c(=O)c3cc(F)c(N4C[C@@H]5C[C@H]4CN5)nc32)cc1OC. The van der Waals surface area contributed by atoms with Gasteiger partial charge in [-0.25, -0.2) is 14.2 Å². The van der Waals surface area contributed by atoms with Gasteiger partial charge < -0.3 is 29.4 Å². The molecule has 0 amide bonds. The number of nitrogens with zero attached hydrogens (tertiary/aromatic N) is 3. The number of hydrogen-bond donors (Lipinski definition) is 2. The van der Waals surface area contributed by atoms with E-state index in [0.29, 0.717) is 18.0 Å². The van der Waals surface area contributed by atoms with Gasteiger partial charge in [0.25, 0.3) is 0 Å². The van der Waals surface area contributed by atoms with Gasteiger partial charge in [0.05, 0.1) is 19.6 Å². The predicted molar refractivity (Wildman–Crippen MR) is 119 cm³/mol. The lowest BCUT2D eigenvalue weighted by Gasteiger charge is -2.29. The van der Waals surface area contributed by atoms with Gasteiger partial charge in [-0.1, -0.05) is 6.07 Å². The van der Waals surface area contributed by atoms with E-state index in [4.69, 9.17) is 9.47 Å². The lowest BCUT2D eigenvalue weighted by molar-refractivity contribution is 0.0695. The van der Waals surface area contributed by atoms with Crippen molar-refractivity contribution in [2.45, 2.75) is 25.0 Å². The van der Waals surface area contributed by atoms with E-state index in [1.807, 2.05) is 4.90 Å². The minimum Gasteiger partial charge on any atom is -0.493 e. The Kier molecular flexibility index (Phi) is 5.16. The van der Waals surface area contributed by atoms with Crippen LogP contribution >= 0.6 is 0 Å². The summed E-state index contributed by atoms with van der Waals surface area (Å²) in [5, 5.41) is 12.9. The zero-order valence-corrected chi connectivity index (χ0v) is 18.2. The number of anilines is 1. The highest BCUT2D eigenvalue weighted by Gasteiger charge is 2.39. The number of piperazine rings is 1. The molecule has 3 aromatic rings. The van der Waals surface area contributed by atoms with Crippen molar-refractivity contribution in [1.29, 1.82) is 0 Å². The average molecular weight is 454 g/mol. The van der Waals surface area contributed by atoms with Crippen molar-refractivity contribution in [1.82, 2.24) is 14.9 Å². The monoisotopic (exact) mass is 454 g/mol. The number of carbonyl (C=O) groups is 1. The number of nitrogens with one attached hydrogen (secondary N) is 1. The van der Waals surface area contributed by atoms with Crippen LogP contribution in [-0.4, -0.2) is 60.0 Å². The predicted octanol–water partition coefficient (Wildman–Crippen LogP) is 1.85. The van der Waals surface area contributed by atoms with Gasteiger partial charge in [-0.15, -0.1) is 0 Å². The van der Waals surface area contributed by atoms with Crippen LogP contribution in [0.3, 0.4) is 0 Å². The normalized spacial score (nSPS) is 19.3. The highest BCUT2D eigenvalue weighted by atomic mass is 19.1. The molecule has 9 nitrogen and oxygen atoms in total. The summed E-state index contributed by atoms with van der Waals surface area (Å²) in [5.74, 6) is -0.765. The first-order valence-electron chi connectivity index (χ1n) is 10.6. The van der Waals surface area contributed by atoms with E-state index in [1.54, 1.807) is 22.8 Å². The summed E-state index contributed by atoms with van der Waals surface area (Å²) in [4.78, 5) is 31.0. The Balaban J connectivity index is 1.66. The summed E-state index contributed by atoms with van der Waals surface area (Å²) >= 11 is 0. The van der Waals surface area contributed by atoms with Crippen LogP contribution in [0.2, 0.25) is 0 Å². The Morgan fingerprint density at radius 1 is 1.27 bits per heavy atom. The zero-order valence-electron chi connectivity index (χ0n) is 18.2. The summed E-state index contributed by atoms with van der Waals surface area (Å²) in [6, 6.07) is 6.84. The van der Waals surface area contributed by atoms with Crippen molar-refractivity contribution in [2.24, 2.45) is 0 Å². The maximum absolute atomic E-state index is 15.1. The maximum atomic E-state index is 15.1. The summed E-state index contributed by atoms with van der Waals surface area (Å²) in [6.07, 6.45) is 2.17. The van der Waals surface area contributed by atoms with Crippen LogP contribution in [0, 0.1) is 5.82 Å². The quantitative estimate of drug-likeness (QED) is 0.582. The second-order valence-electron chi connectivity index (χ2n) is 8.31. The van der Waals surface area contributed by atoms with Gasteiger partial charge in [0.1, 0.15) is 11.2 Å². The van der Waals surface area contributed by atoms with Gasteiger partial charge in [-0.2, -0.15) is 0 Å². The summed E-state index contributed by atoms with van der Waals surface area (Å²) in [6.45, 7) is 1.58. The standard InChI is InChI=1S/C23H23FN4O5/c1-32-18-4-3-12(5-19(18)33-2)9-27-11-16(23(30)31)20(29)15-7-17(24)22(26-21(15)27)28-10-13-6-14(28)8-25-13/h3-5,7,11,13-14,25H,6,8-10H2,1-2H3,(H,30,31)/t13-,14-/m0/s1. The third kappa shape index (κ3) is 3.56. The number of aromatic nitrogens is 2. The third-order valence-electron chi connectivity index (χ3n) is 6.34. The van der Waals surface area contributed by atoms with E-state index in [9.17, 15) is 14.7 Å². The van der Waals surface area contributed by atoms with Gasteiger partial charge >= 0.3 is 5.97 Å². The van der Waals surface area contributed by atoms with Crippen molar-refractivity contribution < 1.29 is 23.8 Å². The average Bonchev–Trinajstić information content (AvgIpc) is 3.44. The van der Waals surface area contributed by atoms with Crippen LogP contribution in [0.15, 0.2) is 35.3 Å². The second-order valence-corrected chi connectivity index (χ2v) is 8.31. The Morgan fingerprint density at radius 2 is 2.06 bits per heavy atom. The molecule has 0 radical (unpaired) electrons. The maximum Gasteiger partial charge on any atom is 0.341 e. The van der Waals surface area contributed by atoms with Crippen LogP contribution in [0.25, 0.3) is 11.0 Å². The van der Waals surface area contributed by atoms with Crippen LogP contribution in [-0.2, 0) is 6.54 Å². The van der Waals surface area contributed by atoms with Crippen molar-refractivity contribution >= 4 is 22.8 Å². The molecule has 0 unspecified atom stereocenters. The molecule has 0 saturated carbocycles. The number of halogens is 1. The molecule has 2 aliphatic rings. The fraction of sp³-hybridized carbons (Fsp3) is 0.348. The summed E-state index contributed by atoms with van der Waals surface area (Å²) in [7, 11) is 3.06. The van der Waals surface area contributed by atoms with E-state index < -0.39 is 22.8 Å². The molecule has 172 valence electrons. The van der Waals surface area contributed by atoms with Crippen molar-refractivity contribution in [3.8, 4) is 11.5 Å². The number of methoxy groups -OCH3 is 2. The molecule has 2 aromatic heterocycles. The smallest absolute Gasteiger partial charge is 0.341 e. The molecule has 0 spiro atoms. The fourth-order valence-corrected chi connectivity index (χ4v) is 4.75. The minimum absolute atomic E-state index is 0.0703.